The molecule has 0 bridgehead atoms. The second-order valence-electron chi connectivity index (χ2n) is 4.81. The molecule has 1 fully saturated rings. The minimum atomic E-state index is 0.462. The van der Waals surface area contributed by atoms with E-state index in [1.54, 1.807) is 11.3 Å². The van der Waals surface area contributed by atoms with Gasteiger partial charge in [0.05, 0.1) is 6.04 Å². The summed E-state index contributed by atoms with van der Waals surface area (Å²) in [6.45, 7) is 6.61. The van der Waals surface area contributed by atoms with Gasteiger partial charge < -0.3 is 5.32 Å². The normalized spacial score (nSPS) is 19.7. The van der Waals surface area contributed by atoms with Crippen LogP contribution in [0.15, 0.2) is 5.38 Å². The number of hydrogen-bond donors (Lipinski definition) is 1. The van der Waals surface area contributed by atoms with Gasteiger partial charge in [-0.2, -0.15) is 0 Å². The maximum Gasteiger partial charge on any atom is 0.110 e. The van der Waals surface area contributed by atoms with Crippen LogP contribution < -0.4 is 5.32 Å². The monoisotopic (exact) mass is 238 g/mol. The standard InChI is InChI=1S/C13H22N2S/c1-4-11(10-6-7-10)15-12(5-2)13-14-9(3)8-16-13/h8,10-12,15H,4-7H2,1-3H3. The Labute approximate surface area is 102 Å². The lowest BCUT2D eigenvalue weighted by Crippen LogP contribution is -2.33. The lowest BCUT2D eigenvalue weighted by atomic mass is 10.1. The number of nitrogens with one attached hydrogen (secondary N) is 1. The van der Waals surface area contributed by atoms with Gasteiger partial charge in [0.25, 0.3) is 0 Å². The second kappa shape index (κ2) is 5.28. The number of nitrogens with zero attached hydrogens (tertiary/aromatic N) is 1. The van der Waals surface area contributed by atoms with Crippen LogP contribution in [0, 0.1) is 12.8 Å². The topological polar surface area (TPSA) is 24.9 Å². The van der Waals surface area contributed by atoms with E-state index in [1.165, 1.54) is 24.3 Å². The summed E-state index contributed by atoms with van der Waals surface area (Å²) in [5.41, 5.74) is 1.15. The predicted octanol–water partition coefficient (Wildman–Crippen LogP) is 3.68. The number of aromatic nitrogens is 1. The Hall–Kier alpha value is -0.410. The summed E-state index contributed by atoms with van der Waals surface area (Å²) < 4.78 is 0. The van der Waals surface area contributed by atoms with Gasteiger partial charge in [0.1, 0.15) is 5.01 Å². The molecule has 0 aromatic carbocycles. The summed E-state index contributed by atoms with van der Waals surface area (Å²) in [5, 5.41) is 7.21. The summed E-state index contributed by atoms with van der Waals surface area (Å²) >= 11 is 1.79. The van der Waals surface area contributed by atoms with Crippen LogP contribution in [0.5, 0.6) is 0 Å². The van der Waals surface area contributed by atoms with Gasteiger partial charge in [-0.25, -0.2) is 4.98 Å². The molecule has 2 rings (SSSR count). The van der Waals surface area contributed by atoms with Crippen molar-refractivity contribution in [2.75, 3.05) is 0 Å². The molecule has 0 radical (unpaired) electrons. The first kappa shape index (κ1) is 12.1. The van der Waals surface area contributed by atoms with Crippen molar-refractivity contribution in [1.82, 2.24) is 10.3 Å². The first-order valence-corrected chi connectivity index (χ1v) is 7.30. The average Bonchev–Trinajstić information content (AvgIpc) is 3.03. The molecule has 1 aliphatic rings. The maximum absolute atomic E-state index is 4.60. The van der Waals surface area contributed by atoms with Gasteiger partial charge in [0.15, 0.2) is 0 Å². The molecule has 0 saturated heterocycles. The van der Waals surface area contributed by atoms with E-state index in [2.05, 4.69) is 36.5 Å². The number of hydrogen-bond acceptors (Lipinski definition) is 3. The molecule has 1 aromatic rings. The van der Waals surface area contributed by atoms with E-state index in [-0.39, 0.29) is 0 Å². The number of aryl methyl sites for hydroxylation is 1. The van der Waals surface area contributed by atoms with Gasteiger partial charge in [-0.1, -0.05) is 13.8 Å². The van der Waals surface area contributed by atoms with E-state index in [9.17, 15) is 0 Å². The van der Waals surface area contributed by atoms with Crippen LogP contribution >= 0.6 is 11.3 Å². The second-order valence-corrected chi connectivity index (χ2v) is 5.70. The highest BCUT2D eigenvalue weighted by Gasteiger charge is 2.31. The third-order valence-electron chi connectivity index (χ3n) is 3.39. The number of thiazole rings is 1. The SMILES string of the molecule is CCC(NC(CC)C1CC1)c1nc(C)cs1. The highest BCUT2D eigenvalue weighted by molar-refractivity contribution is 7.09. The third-order valence-corrected chi connectivity index (χ3v) is 4.47. The lowest BCUT2D eigenvalue weighted by molar-refractivity contribution is 0.382. The molecule has 1 aliphatic carbocycles. The van der Waals surface area contributed by atoms with Crippen LogP contribution in [0.2, 0.25) is 0 Å². The van der Waals surface area contributed by atoms with Crippen molar-refractivity contribution in [3.05, 3.63) is 16.1 Å². The van der Waals surface area contributed by atoms with Crippen LogP contribution in [0.25, 0.3) is 0 Å². The van der Waals surface area contributed by atoms with Crippen molar-refractivity contribution >= 4 is 11.3 Å². The summed E-state index contributed by atoms with van der Waals surface area (Å²) in [6.07, 6.45) is 5.21. The molecular formula is C13H22N2S. The van der Waals surface area contributed by atoms with Gasteiger partial charge in [0.2, 0.25) is 0 Å². The molecular weight excluding hydrogens is 216 g/mol. The van der Waals surface area contributed by atoms with E-state index in [4.69, 9.17) is 0 Å². The van der Waals surface area contributed by atoms with E-state index in [1.807, 2.05) is 0 Å². The minimum Gasteiger partial charge on any atom is -0.305 e. The molecule has 1 N–H and O–H groups in total. The summed E-state index contributed by atoms with van der Waals surface area (Å²) in [6, 6.07) is 1.17. The molecule has 1 aromatic heterocycles. The zero-order valence-electron chi connectivity index (χ0n) is 10.5. The summed E-state index contributed by atoms with van der Waals surface area (Å²) in [5.74, 6) is 0.931. The van der Waals surface area contributed by atoms with Crippen LogP contribution in [0.4, 0.5) is 0 Å². The molecule has 0 aliphatic heterocycles. The van der Waals surface area contributed by atoms with Crippen LogP contribution in [-0.2, 0) is 0 Å². The fourth-order valence-corrected chi connectivity index (χ4v) is 3.18. The molecule has 3 heteroatoms. The summed E-state index contributed by atoms with van der Waals surface area (Å²) in [4.78, 5) is 4.60. The molecule has 16 heavy (non-hydrogen) atoms. The van der Waals surface area contributed by atoms with E-state index in [0.29, 0.717) is 12.1 Å². The molecule has 0 amide bonds. The fraction of sp³-hybridized carbons (Fsp3) is 0.769. The van der Waals surface area contributed by atoms with Gasteiger partial charge in [-0.3, -0.25) is 0 Å². The van der Waals surface area contributed by atoms with Crippen LogP contribution in [0.1, 0.15) is 56.3 Å². The van der Waals surface area contributed by atoms with Crippen LogP contribution in [0.3, 0.4) is 0 Å². The molecule has 90 valence electrons. The Bertz CT molecular complexity index is 330. The predicted molar refractivity (Wildman–Crippen MR) is 69.8 cm³/mol. The zero-order chi connectivity index (χ0) is 11.5. The Balaban J connectivity index is 1.98. The van der Waals surface area contributed by atoms with E-state index < -0.39 is 0 Å². The van der Waals surface area contributed by atoms with Crippen molar-refractivity contribution in [3.8, 4) is 0 Å². The molecule has 1 heterocycles. The summed E-state index contributed by atoms with van der Waals surface area (Å²) in [7, 11) is 0. The van der Waals surface area contributed by atoms with Crippen molar-refractivity contribution in [3.63, 3.8) is 0 Å². The third kappa shape index (κ3) is 2.83. The van der Waals surface area contributed by atoms with E-state index in [0.717, 1.165) is 18.0 Å². The Kier molecular flexibility index (Phi) is 3.98. The molecule has 0 spiro atoms. The highest BCUT2D eigenvalue weighted by atomic mass is 32.1. The first-order chi connectivity index (χ1) is 7.74. The number of rotatable bonds is 6. The molecule has 2 atom stereocenters. The molecule has 2 unspecified atom stereocenters. The fourth-order valence-electron chi connectivity index (χ4n) is 2.24. The zero-order valence-corrected chi connectivity index (χ0v) is 11.3. The van der Waals surface area contributed by atoms with Crippen molar-refractivity contribution in [2.45, 2.75) is 58.5 Å². The maximum atomic E-state index is 4.60. The lowest BCUT2D eigenvalue weighted by Gasteiger charge is -2.22. The minimum absolute atomic E-state index is 0.462. The van der Waals surface area contributed by atoms with Crippen molar-refractivity contribution in [2.24, 2.45) is 5.92 Å². The van der Waals surface area contributed by atoms with Gasteiger partial charge >= 0.3 is 0 Å². The van der Waals surface area contributed by atoms with Gasteiger partial charge in [-0.05, 0) is 38.5 Å². The Morgan fingerprint density at radius 2 is 2.19 bits per heavy atom. The van der Waals surface area contributed by atoms with Gasteiger partial charge in [0, 0.05) is 17.1 Å². The first-order valence-electron chi connectivity index (χ1n) is 6.42. The molecule has 2 nitrogen and oxygen atoms in total. The van der Waals surface area contributed by atoms with Crippen molar-refractivity contribution < 1.29 is 0 Å². The van der Waals surface area contributed by atoms with Crippen molar-refractivity contribution in [1.29, 1.82) is 0 Å². The highest BCUT2D eigenvalue weighted by Crippen LogP contribution is 2.35. The quantitative estimate of drug-likeness (QED) is 0.817. The molecule has 1 saturated carbocycles. The van der Waals surface area contributed by atoms with Crippen LogP contribution in [-0.4, -0.2) is 11.0 Å². The Morgan fingerprint density at radius 1 is 1.44 bits per heavy atom. The Morgan fingerprint density at radius 3 is 2.62 bits per heavy atom. The largest absolute Gasteiger partial charge is 0.305 e. The average molecular weight is 238 g/mol. The smallest absolute Gasteiger partial charge is 0.110 e. The van der Waals surface area contributed by atoms with E-state index >= 15 is 0 Å². The van der Waals surface area contributed by atoms with Gasteiger partial charge in [-0.15, -0.1) is 11.3 Å².